The summed E-state index contributed by atoms with van der Waals surface area (Å²) in [6.45, 7) is 0. The zero-order valence-electron chi connectivity index (χ0n) is 9.62. The third-order valence-corrected chi connectivity index (χ3v) is 2.60. The zero-order valence-corrected chi connectivity index (χ0v) is 9.62. The van der Waals surface area contributed by atoms with E-state index in [1.807, 2.05) is 0 Å². The molecule has 0 amide bonds. The molecule has 0 heterocycles. The molecule has 0 radical (unpaired) electrons. The molecule has 0 aliphatic carbocycles. The summed E-state index contributed by atoms with van der Waals surface area (Å²) in [5.74, 6) is 0. The van der Waals surface area contributed by atoms with Gasteiger partial charge in [0.25, 0.3) is 0 Å². The third kappa shape index (κ3) is 2.67. The van der Waals surface area contributed by atoms with Crippen molar-refractivity contribution in [1.82, 2.24) is 0 Å². The molecule has 0 bridgehead atoms. The number of aliphatic hydroxyl groups is 1. The molecule has 0 aromatic carbocycles. The second kappa shape index (κ2) is 4.95. The average Bonchev–Trinajstić information content (AvgIpc) is 2.05. The molecule has 140 valence electrons. The molecule has 0 aliphatic heterocycles. The minimum absolute atomic E-state index is 7.65. The smallest absolute Gasteiger partial charge is 0.335 e. The van der Waals surface area contributed by atoms with Crippen molar-refractivity contribution >= 4 is 0 Å². The van der Waals surface area contributed by atoms with E-state index < -0.39 is 41.9 Å². The molecule has 0 unspecified atom stereocenters. The van der Waals surface area contributed by atoms with Crippen molar-refractivity contribution in [3.05, 3.63) is 0 Å². The van der Waals surface area contributed by atoms with Crippen LogP contribution >= 0.6 is 0 Å². The molecule has 0 aromatic heterocycles. The van der Waals surface area contributed by atoms with E-state index in [0.29, 0.717) is 0 Å². The Balaban J connectivity index is 7.46. The summed E-state index contributed by atoms with van der Waals surface area (Å²) in [6, 6.07) is 0. The molecule has 0 fully saturated rings. The maximum absolute atomic E-state index is 13.3. The van der Waals surface area contributed by atoms with E-state index in [2.05, 4.69) is 0 Å². The standard InChI is InChI=1S/C7HF15O/c8-2(5(15,16)17,6(18,19)20)1(3(9,10)11,4(12,13)14)7(21,22)23/h23H. The molecule has 0 aromatic rings. The third-order valence-electron chi connectivity index (χ3n) is 2.60. The number of alkyl halides is 15. The summed E-state index contributed by atoms with van der Waals surface area (Å²) < 4.78 is 185. The molecule has 0 spiro atoms. The van der Waals surface area contributed by atoms with E-state index in [-0.39, 0.29) is 0 Å². The van der Waals surface area contributed by atoms with Gasteiger partial charge in [-0.1, -0.05) is 0 Å². The Labute approximate surface area is 114 Å². The first-order valence-electron chi connectivity index (χ1n) is 4.56. The second-order valence-electron chi connectivity index (χ2n) is 3.94. The molecule has 0 saturated heterocycles. The molecule has 1 N–H and O–H groups in total. The Kier molecular flexibility index (Phi) is 4.72. The Morgan fingerprint density at radius 1 is 0.391 bits per heavy atom. The summed E-state index contributed by atoms with van der Waals surface area (Å²) in [7, 11) is 0. The van der Waals surface area contributed by atoms with Crippen LogP contribution in [-0.4, -0.2) is 41.6 Å². The lowest BCUT2D eigenvalue weighted by atomic mass is 9.69. The summed E-state index contributed by atoms with van der Waals surface area (Å²) in [5, 5.41) is 7.65. The summed E-state index contributed by atoms with van der Waals surface area (Å²) in [6.07, 6.45) is -40.8. The van der Waals surface area contributed by atoms with Gasteiger partial charge in [-0.25, -0.2) is 4.39 Å². The summed E-state index contributed by atoms with van der Waals surface area (Å²) in [5.41, 5.74) is -17.2. The highest BCUT2D eigenvalue weighted by atomic mass is 19.4. The molecular weight excluding hydrogens is 385 g/mol. The minimum Gasteiger partial charge on any atom is -0.335 e. The predicted octanol–water partition coefficient (Wildman–Crippen LogP) is 4.52. The van der Waals surface area contributed by atoms with Crippen LogP contribution in [0.3, 0.4) is 0 Å². The fourth-order valence-electron chi connectivity index (χ4n) is 1.69. The van der Waals surface area contributed by atoms with Crippen LogP contribution in [-0.2, 0) is 0 Å². The van der Waals surface area contributed by atoms with Gasteiger partial charge < -0.3 is 5.11 Å². The number of hydrogen-bond acceptors (Lipinski definition) is 1. The Morgan fingerprint density at radius 2 is 0.609 bits per heavy atom. The second-order valence-corrected chi connectivity index (χ2v) is 3.94. The number of rotatable bonds is 2. The van der Waals surface area contributed by atoms with Crippen molar-refractivity contribution in [1.29, 1.82) is 0 Å². The van der Waals surface area contributed by atoms with E-state index in [4.69, 9.17) is 5.11 Å². The van der Waals surface area contributed by atoms with Crippen molar-refractivity contribution in [3.63, 3.8) is 0 Å². The Morgan fingerprint density at radius 3 is 0.652 bits per heavy atom. The lowest BCUT2D eigenvalue weighted by molar-refractivity contribution is -0.529. The van der Waals surface area contributed by atoms with Gasteiger partial charge in [-0.15, -0.1) is 0 Å². The van der Waals surface area contributed by atoms with Gasteiger partial charge in [-0.2, -0.15) is 61.5 Å². The highest BCUT2D eigenvalue weighted by Gasteiger charge is 3.01. The lowest BCUT2D eigenvalue weighted by Crippen LogP contribution is -2.79. The minimum atomic E-state index is -8.61. The SMILES string of the molecule is OC(F)(F)C(C(F)(F)F)(C(F)(F)F)C(F)(C(F)(F)F)C(F)(F)F. The molecule has 0 aliphatic rings. The quantitative estimate of drug-likeness (QED) is 0.693. The van der Waals surface area contributed by atoms with Crippen molar-refractivity contribution in [3.8, 4) is 0 Å². The predicted molar refractivity (Wildman–Crippen MR) is 37.7 cm³/mol. The number of hydrogen-bond donors (Lipinski definition) is 1. The maximum atomic E-state index is 13.3. The molecule has 0 atom stereocenters. The monoisotopic (exact) mass is 386 g/mol. The van der Waals surface area contributed by atoms with Crippen molar-refractivity contribution < 1.29 is 71.0 Å². The summed E-state index contributed by atoms with van der Waals surface area (Å²) >= 11 is 0. The van der Waals surface area contributed by atoms with E-state index in [1.54, 1.807) is 0 Å². The van der Waals surface area contributed by atoms with E-state index in [1.165, 1.54) is 0 Å². The highest BCUT2D eigenvalue weighted by Crippen LogP contribution is 2.71. The van der Waals surface area contributed by atoms with Crippen LogP contribution in [0.2, 0.25) is 0 Å². The van der Waals surface area contributed by atoms with Crippen LogP contribution in [0.1, 0.15) is 0 Å². The van der Waals surface area contributed by atoms with Gasteiger partial charge in [0, 0.05) is 0 Å². The van der Waals surface area contributed by atoms with Crippen molar-refractivity contribution in [2.45, 2.75) is 36.5 Å². The maximum Gasteiger partial charge on any atom is 0.433 e. The molecule has 23 heavy (non-hydrogen) atoms. The Bertz CT molecular complexity index is 377. The van der Waals surface area contributed by atoms with Crippen LogP contribution < -0.4 is 0 Å². The zero-order chi connectivity index (χ0) is 19.5. The first-order valence-corrected chi connectivity index (χ1v) is 4.56. The average molecular weight is 386 g/mol. The van der Waals surface area contributed by atoms with E-state index in [9.17, 15) is 65.9 Å². The first kappa shape index (κ1) is 21.9. The lowest BCUT2D eigenvalue weighted by Gasteiger charge is -2.48. The van der Waals surface area contributed by atoms with Crippen LogP contribution in [0.25, 0.3) is 0 Å². The fourth-order valence-corrected chi connectivity index (χ4v) is 1.69. The van der Waals surface area contributed by atoms with Gasteiger partial charge in [0.1, 0.15) is 0 Å². The largest absolute Gasteiger partial charge is 0.433 e. The van der Waals surface area contributed by atoms with Gasteiger partial charge in [-0.05, 0) is 0 Å². The van der Waals surface area contributed by atoms with Crippen LogP contribution in [0.4, 0.5) is 65.9 Å². The van der Waals surface area contributed by atoms with Crippen LogP contribution in [0.5, 0.6) is 0 Å². The van der Waals surface area contributed by atoms with Gasteiger partial charge in [0.2, 0.25) is 0 Å². The topological polar surface area (TPSA) is 20.2 Å². The van der Waals surface area contributed by atoms with Gasteiger partial charge >= 0.3 is 41.9 Å². The van der Waals surface area contributed by atoms with E-state index >= 15 is 0 Å². The van der Waals surface area contributed by atoms with Gasteiger partial charge in [0.15, 0.2) is 0 Å². The van der Waals surface area contributed by atoms with Gasteiger partial charge in [0.05, 0.1) is 0 Å². The van der Waals surface area contributed by atoms with Crippen molar-refractivity contribution in [2.24, 2.45) is 5.41 Å². The summed E-state index contributed by atoms with van der Waals surface area (Å²) in [4.78, 5) is 0. The van der Waals surface area contributed by atoms with Crippen LogP contribution in [0, 0.1) is 5.41 Å². The first-order chi connectivity index (χ1) is 9.50. The van der Waals surface area contributed by atoms with E-state index in [0.717, 1.165) is 0 Å². The molecule has 0 rings (SSSR count). The molecule has 1 nitrogen and oxygen atoms in total. The molecule has 16 heteroatoms. The molecule has 0 saturated carbocycles. The molecular formula is C7HF15O. The van der Waals surface area contributed by atoms with Gasteiger partial charge in [-0.3, -0.25) is 0 Å². The fraction of sp³-hybridized carbons (Fsp3) is 1.00. The Hall–Kier alpha value is -1.09. The van der Waals surface area contributed by atoms with Crippen molar-refractivity contribution in [2.75, 3.05) is 0 Å². The normalized spacial score (nSPS) is 16.7. The van der Waals surface area contributed by atoms with Crippen LogP contribution in [0.15, 0.2) is 0 Å². The highest BCUT2D eigenvalue weighted by molar-refractivity contribution is 5.18. The number of halogens is 15.